The second-order valence-corrected chi connectivity index (χ2v) is 5.09. The quantitative estimate of drug-likeness (QED) is 0.876. The van der Waals surface area contributed by atoms with E-state index < -0.39 is 0 Å². The number of benzene rings is 1. The Balaban J connectivity index is 2.16. The fourth-order valence-corrected chi connectivity index (χ4v) is 2.25. The number of hydrogen-bond acceptors (Lipinski definition) is 1. The molecule has 0 radical (unpaired) electrons. The molecule has 1 atom stereocenters. The third-order valence-corrected chi connectivity index (χ3v) is 3.85. The van der Waals surface area contributed by atoms with Gasteiger partial charge < -0.3 is 5.73 Å². The lowest BCUT2D eigenvalue weighted by Gasteiger charge is -2.15. The lowest BCUT2D eigenvalue weighted by molar-refractivity contribution is 0.594. The standard InChI is InChI=1S/C12H16BrN/c1-8-10(3-2-4-11(8)13)12(14)7-9-5-6-9/h2-4,9,12H,5-7,14H2,1H3. The van der Waals surface area contributed by atoms with Crippen LogP contribution in [-0.2, 0) is 0 Å². The molecule has 14 heavy (non-hydrogen) atoms. The third kappa shape index (κ3) is 2.18. The van der Waals surface area contributed by atoms with E-state index in [1.165, 1.54) is 28.4 Å². The van der Waals surface area contributed by atoms with Crippen molar-refractivity contribution in [2.45, 2.75) is 32.2 Å². The van der Waals surface area contributed by atoms with Crippen molar-refractivity contribution in [3.05, 3.63) is 33.8 Å². The van der Waals surface area contributed by atoms with Gasteiger partial charge in [0, 0.05) is 10.5 Å². The molecule has 1 nitrogen and oxygen atoms in total. The van der Waals surface area contributed by atoms with E-state index in [0.29, 0.717) is 0 Å². The van der Waals surface area contributed by atoms with E-state index in [2.05, 4.69) is 41.1 Å². The minimum absolute atomic E-state index is 0.222. The smallest absolute Gasteiger partial charge is 0.0300 e. The van der Waals surface area contributed by atoms with Gasteiger partial charge in [-0.2, -0.15) is 0 Å². The zero-order valence-electron chi connectivity index (χ0n) is 8.46. The predicted molar refractivity (Wildman–Crippen MR) is 63.1 cm³/mol. The Kier molecular flexibility index (Phi) is 2.93. The zero-order chi connectivity index (χ0) is 10.1. The first-order chi connectivity index (χ1) is 6.68. The average molecular weight is 254 g/mol. The highest BCUT2D eigenvalue weighted by molar-refractivity contribution is 9.10. The first-order valence-electron chi connectivity index (χ1n) is 5.19. The monoisotopic (exact) mass is 253 g/mol. The van der Waals surface area contributed by atoms with E-state index in [1.807, 2.05) is 0 Å². The Hall–Kier alpha value is -0.340. The van der Waals surface area contributed by atoms with Gasteiger partial charge in [0.25, 0.3) is 0 Å². The van der Waals surface area contributed by atoms with Crippen LogP contribution in [0.1, 0.15) is 36.4 Å². The lowest BCUT2D eigenvalue weighted by Crippen LogP contribution is -2.12. The molecule has 0 spiro atoms. The lowest BCUT2D eigenvalue weighted by atomic mass is 9.98. The molecule has 0 bridgehead atoms. The summed E-state index contributed by atoms with van der Waals surface area (Å²) in [6, 6.07) is 6.51. The van der Waals surface area contributed by atoms with Gasteiger partial charge in [0.2, 0.25) is 0 Å². The molecule has 1 fully saturated rings. The summed E-state index contributed by atoms with van der Waals surface area (Å²) in [4.78, 5) is 0. The number of halogens is 1. The van der Waals surface area contributed by atoms with Crippen molar-refractivity contribution in [2.24, 2.45) is 11.7 Å². The van der Waals surface area contributed by atoms with Gasteiger partial charge in [0.1, 0.15) is 0 Å². The van der Waals surface area contributed by atoms with Gasteiger partial charge in [-0.1, -0.05) is 40.9 Å². The molecular formula is C12H16BrN. The number of nitrogens with two attached hydrogens (primary N) is 1. The van der Waals surface area contributed by atoms with Gasteiger partial charge in [0.05, 0.1) is 0 Å². The van der Waals surface area contributed by atoms with Crippen LogP contribution in [0.3, 0.4) is 0 Å². The SMILES string of the molecule is Cc1c(Br)cccc1C(N)CC1CC1. The van der Waals surface area contributed by atoms with E-state index in [1.54, 1.807) is 0 Å². The van der Waals surface area contributed by atoms with Crippen molar-refractivity contribution in [3.63, 3.8) is 0 Å². The minimum atomic E-state index is 0.222. The van der Waals surface area contributed by atoms with E-state index in [4.69, 9.17) is 5.73 Å². The molecule has 1 saturated carbocycles. The Morgan fingerprint density at radius 2 is 2.21 bits per heavy atom. The minimum Gasteiger partial charge on any atom is -0.324 e. The molecule has 2 N–H and O–H groups in total. The molecule has 0 aromatic heterocycles. The first-order valence-corrected chi connectivity index (χ1v) is 5.98. The van der Waals surface area contributed by atoms with Crippen molar-refractivity contribution in [3.8, 4) is 0 Å². The van der Waals surface area contributed by atoms with Crippen LogP contribution in [-0.4, -0.2) is 0 Å². The fraction of sp³-hybridized carbons (Fsp3) is 0.500. The van der Waals surface area contributed by atoms with Gasteiger partial charge >= 0.3 is 0 Å². The topological polar surface area (TPSA) is 26.0 Å². The van der Waals surface area contributed by atoms with E-state index in [-0.39, 0.29) is 6.04 Å². The van der Waals surface area contributed by atoms with Crippen LogP contribution in [0.5, 0.6) is 0 Å². The number of hydrogen-bond donors (Lipinski definition) is 1. The summed E-state index contributed by atoms with van der Waals surface area (Å²) in [5, 5.41) is 0. The maximum atomic E-state index is 6.18. The highest BCUT2D eigenvalue weighted by Crippen LogP contribution is 2.37. The number of rotatable bonds is 3. The van der Waals surface area contributed by atoms with Crippen molar-refractivity contribution >= 4 is 15.9 Å². The highest BCUT2D eigenvalue weighted by Gasteiger charge is 2.25. The maximum Gasteiger partial charge on any atom is 0.0300 e. The predicted octanol–water partition coefficient (Wildman–Crippen LogP) is 3.56. The van der Waals surface area contributed by atoms with Crippen LogP contribution in [0, 0.1) is 12.8 Å². The summed E-state index contributed by atoms with van der Waals surface area (Å²) in [5.74, 6) is 0.892. The normalized spacial score (nSPS) is 18.2. The van der Waals surface area contributed by atoms with Crippen molar-refractivity contribution < 1.29 is 0 Å². The van der Waals surface area contributed by atoms with Crippen molar-refractivity contribution in [1.82, 2.24) is 0 Å². The van der Waals surface area contributed by atoms with E-state index in [0.717, 1.165) is 12.3 Å². The van der Waals surface area contributed by atoms with Crippen molar-refractivity contribution in [2.75, 3.05) is 0 Å². The van der Waals surface area contributed by atoms with E-state index >= 15 is 0 Å². The second-order valence-electron chi connectivity index (χ2n) is 4.24. The van der Waals surface area contributed by atoms with Crippen LogP contribution >= 0.6 is 15.9 Å². The summed E-state index contributed by atoms with van der Waals surface area (Å²) < 4.78 is 1.17. The zero-order valence-corrected chi connectivity index (χ0v) is 10.0. The molecule has 76 valence electrons. The first kappa shape index (κ1) is 10.2. The Morgan fingerprint density at radius 3 is 2.86 bits per heavy atom. The molecule has 2 rings (SSSR count). The van der Waals surface area contributed by atoms with Crippen LogP contribution in [0.4, 0.5) is 0 Å². The largest absolute Gasteiger partial charge is 0.324 e. The molecule has 0 saturated heterocycles. The van der Waals surface area contributed by atoms with Crippen LogP contribution in [0.15, 0.2) is 22.7 Å². The summed E-state index contributed by atoms with van der Waals surface area (Å²) in [6.07, 6.45) is 3.90. The van der Waals surface area contributed by atoms with Gasteiger partial charge in [0.15, 0.2) is 0 Å². The van der Waals surface area contributed by atoms with Gasteiger partial charge in [-0.05, 0) is 36.5 Å². The van der Waals surface area contributed by atoms with Crippen LogP contribution in [0.2, 0.25) is 0 Å². The van der Waals surface area contributed by atoms with Gasteiger partial charge in [-0.15, -0.1) is 0 Å². The van der Waals surface area contributed by atoms with Crippen LogP contribution in [0.25, 0.3) is 0 Å². The van der Waals surface area contributed by atoms with Crippen molar-refractivity contribution in [1.29, 1.82) is 0 Å². The molecule has 1 aliphatic rings. The summed E-state index contributed by atoms with van der Waals surface area (Å²) in [6.45, 7) is 2.13. The highest BCUT2D eigenvalue weighted by atomic mass is 79.9. The molecule has 0 amide bonds. The summed E-state index contributed by atoms with van der Waals surface area (Å²) in [7, 11) is 0. The Morgan fingerprint density at radius 1 is 1.50 bits per heavy atom. The van der Waals surface area contributed by atoms with Gasteiger partial charge in [-0.25, -0.2) is 0 Å². The fourth-order valence-electron chi connectivity index (χ4n) is 1.87. The second kappa shape index (κ2) is 4.03. The molecule has 0 aliphatic heterocycles. The Bertz CT molecular complexity index is 331. The molecule has 1 aromatic rings. The summed E-state index contributed by atoms with van der Waals surface area (Å²) >= 11 is 3.54. The molecular weight excluding hydrogens is 238 g/mol. The summed E-state index contributed by atoms with van der Waals surface area (Å²) in [5.41, 5.74) is 8.77. The van der Waals surface area contributed by atoms with Gasteiger partial charge in [-0.3, -0.25) is 0 Å². The molecule has 1 aliphatic carbocycles. The average Bonchev–Trinajstić information content (AvgIpc) is 2.93. The maximum absolute atomic E-state index is 6.18. The molecule has 2 heteroatoms. The molecule has 1 unspecified atom stereocenters. The molecule has 1 aromatic carbocycles. The third-order valence-electron chi connectivity index (χ3n) is 2.99. The van der Waals surface area contributed by atoms with E-state index in [9.17, 15) is 0 Å². The Labute approximate surface area is 93.8 Å². The van der Waals surface area contributed by atoms with Crippen LogP contribution < -0.4 is 5.73 Å². The molecule has 0 heterocycles.